The van der Waals surface area contributed by atoms with E-state index in [0.29, 0.717) is 10.2 Å². The summed E-state index contributed by atoms with van der Waals surface area (Å²) in [4.78, 5) is 13.1. The van der Waals surface area contributed by atoms with Gasteiger partial charge in [0.1, 0.15) is 4.64 Å². The third-order valence-corrected chi connectivity index (χ3v) is 1.54. The minimum atomic E-state index is 0.656. The highest BCUT2D eigenvalue weighted by atomic mass is 32.1. The summed E-state index contributed by atoms with van der Waals surface area (Å²) in [5.41, 5.74) is 1.58. The zero-order valence-electron chi connectivity index (χ0n) is 5.55. The van der Waals surface area contributed by atoms with Gasteiger partial charge >= 0.3 is 0 Å². The van der Waals surface area contributed by atoms with E-state index in [2.05, 4.69) is 4.98 Å². The molecule has 0 saturated carbocycles. The van der Waals surface area contributed by atoms with Gasteiger partial charge in [0.05, 0.1) is 0 Å². The maximum Gasteiger partial charge on any atom is 0.151 e. The van der Waals surface area contributed by atoms with E-state index in [0.717, 1.165) is 11.8 Å². The minimum absolute atomic E-state index is 0.656. The molecule has 0 radical (unpaired) electrons. The van der Waals surface area contributed by atoms with Crippen molar-refractivity contribution in [1.82, 2.24) is 4.98 Å². The molecule has 3 heteroatoms. The monoisotopic (exact) mass is 153 g/mol. The molecule has 1 aromatic heterocycles. The molecule has 1 aromatic rings. The van der Waals surface area contributed by atoms with Crippen LogP contribution in [-0.4, -0.2) is 11.3 Å². The second-order valence-electron chi connectivity index (χ2n) is 2.05. The Morgan fingerprint density at radius 2 is 2.40 bits per heavy atom. The molecule has 0 bridgehead atoms. The highest BCUT2D eigenvalue weighted by molar-refractivity contribution is 7.71. The van der Waals surface area contributed by atoms with Crippen molar-refractivity contribution in [2.75, 3.05) is 0 Å². The van der Waals surface area contributed by atoms with Crippen LogP contribution >= 0.6 is 12.2 Å². The molecule has 0 atom stereocenters. The number of aromatic amines is 1. The number of H-pyrrole nitrogens is 1. The molecule has 52 valence electrons. The first-order valence-electron chi connectivity index (χ1n) is 2.88. The van der Waals surface area contributed by atoms with Gasteiger partial charge in [0.25, 0.3) is 0 Å². The SMILES string of the molecule is Cc1cc(=S)[nH]cc1C=O. The number of aromatic nitrogens is 1. The Labute approximate surface area is 63.9 Å². The summed E-state index contributed by atoms with van der Waals surface area (Å²) >= 11 is 4.84. The van der Waals surface area contributed by atoms with Crippen molar-refractivity contribution < 1.29 is 4.79 Å². The van der Waals surface area contributed by atoms with Crippen molar-refractivity contribution in [2.45, 2.75) is 6.92 Å². The smallest absolute Gasteiger partial charge is 0.151 e. The van der Waals surface area contributed by atoms with E-state index >= 15 is 0 Å². The number of hydrogen-bond donors (Lipinski definition) is 1. The number of carbonyl (C=O) groups is 1. The summed E-state index contributed by atoms with van der Waals surface area (Å²) < 4.78 is 0.656. The second-order valence-corrected chi connectivity index (χ2v) is 2.49. The van der Waals surface area contributed by atoms with E-state index in [1.807, 2.05) is 6.92 Å². The summed E-state index contributed by atoms with van der Waals surface area (Å²) in [6.07, 6.45) is 2.42. The Morgan fingerprint density at radius 1 is 1.70 bits per heavy atom. The molecule has 0 amide bonds. The predicted molar refractivity (Wildman–Crippen MR) is 41.8 cm³/mol. The van der Waals surface area contributed by atoms with Crippen molar-refractivity contribution in [3.05, 3.63) is 28.0 Å². The van der Waals surface area contributed by atoms with Gasteiger partial charge in [-0.25, -0.2) is 0 Å². The average molecular weight is 153 g/mol. The average Bonchev–Trinajstić information content (AvgIpc) is 1.88. The summed E-state index contributed by atoms with van der Waals surface area (Å²) in [6.45, 7) is 1.85. The summed E-state index contributed by atoms with van der Waals surface area (Å²) in [7, 11) is 0. The molecule has 0 spiro atoms. The molecule has 1 heterocycles. The first kappa shape index (κ1) is 7.15. The van der Waals surface area contributed by atoms with Crippen LogP contribution in [0.25, 0.3) is 0 Å². The summed E-state index contributed by atoms with van der Waals surface area (Å²) in [5.74, 6) is 0. The first-order chi connectivity index (χ1) is 4.74. The van der Waals surface area contributed by atoms with Crippen LogP contribution in [-0.2, 0) is 0 Å². The van der Waals surface area contributed by atoms with Crippen molar-refractivity contribution in [1.29, 1.82) is 0 Å². The number of pyridine rings is 1. The maximum absolute atomic E-state index is 10.3. The fourth-order valence-corrected chi connectivity index (χ4v) is 0.947. The van der Waals surface area contributed by atoms with Crippen LogP contribution in [0.2, 0.25) is 0 Å². The zero-order chi connectivity index (χ0) is 7.56. The molecule has 0 aliphatic carbocycles. The largest absolute Gasteiger partial charge is 0.352 e. The molecule has 0 aromatic carbocycles. The van der Waals surface area contributed by atoms with Crippen molar-refractivity contribution in [3.8, 4) is 0 Å². The fourth-order valence-electron chi connectivity index (χ4n) is 0.711. The summed E-state index contributed by atoms with van der Waals surface area (Å²) in [5, 5.41) is 0. The molecule has 0 aliphatic rings. The first-order valence-corrected chi connectivity index (χ1v) is 3.29. The lowest BCUT2D eigenvalue weighted by Gasteiger charge is -1.94. The van der Waals surface area contributed by atoms with E-state index in [1.54, 1.807) is 12.3 Å². The lowest BCUT2D eigenvalue weighted by atomic mass is 10.2. The van der Waals surface area contributed by atoms with Gasteiger partial charge in [-0.3, -0.25) is 4.79 Å². The quantitative estimate of drug-likeness (QED) is 0.493. The third-order valence-electron chi connectivity index (χ3n) is 1.30. The van der Waals surface area contributed by atoms with Gasteiger partial charge in [0, 0.05) is 11.8 Å². The van der Waals surface area contributed by atoms with E-state index in [1.165, 1.54) is 0 Å². The molecular formula is C7H7NOS. The van der Waals surface area contributed by atoms with Gasteiger partial charge in [-0.05, 0) is 18.6 Å². The topological polar surface area (TPSA) is 32.9 Å². The number of hydrogen-bond acceptors (Lipinski definition) is 2. The van der Waals surface area contributed by atoms with Crippen LogP contribution in [0.1, 0.15) is 15.9 Å². The number of aldehydes is 1. The molecule has 0 unspecified atom stereocenters. The number of nitrogens with one attached hydrogen (secondary N) is 1. The Kier molecular flexibility index (Phi) is 1.97. The lowest BCUT2D eigenvalue weighted by Crippen LogP contribution is -1.87. The van der Waals surface area contributed by atoms with Crippen molar-refractivity contribution >= 4 is 18.5 Å². The van der Waals surface area contributed by atoms with Gasteiger partial charge < -0.3 is 4.98 Å². The molecule has 10 heavy (non-hydrogen) atoms. The van der Waals surface area contributed by atoms with Gasteiger partial charge in [0.15, 0.2) is 6.29 Å². The standard InChI is InChI=1S/C7H7NOS/c1-5-2-7(10)8-3-6(5)4-9/h2-4H,1H3,(H,8,10). The molecule has 1 rings (SSSR count). The van der Waals surface area contributed by atoms with Gasteiger partial charge in [-0.15, -0.1) is 0 Å². The maximum atomic E-state index is 10.3. The molecule has 1 N–H and O–H groups in total. The Balaban J connectivity index is 3.32. The van der Waals surface area contributed by atoms with E-state index in [-0.39, 0.29) is 0 Å². The molecule has 0 saturated heterocycles. The van der Waals surface area contributed by atoms with Crippen LogP contribution in [0.3, 0.4) is 0 Å². The lowest BCUT2D eigenvalue weighted by molar-refractivity contribution is 0.112. The van der Waals surface area contributed by atoms with Crippen LogP contribution in [0.4, 0.5) is 0 Å². The summed E-state index contributed by atoms with van der Waals surface area (Å²) in [6, 6.07) is 1.76. The molecule has 0 aliphatic heterocycles. The molecular weight excluding hydrogens is 146 g/mol. The van der Waals surface area contributed by atoms with Gasteiger partial charge in [-0.1, -0.05) is 12.2 Å². The van der Waals surface area contributed by atoms with Crippen LogP contribution < -0.4 is 0 Å². The number of rotatable bonds is 1. The van der Waals surface area contributed by atoms with Crippen LogP contribution in [0, 0.1) is 11.6 Å². The zero-order valence-corrected chi connectivity index (χ0v) is 6.37. The van der Waals surface area contributed by atoms with E-state index < -0.39 is 0 Å². The third kappa shape index (κ3) is 1.30. The van der Waals surface area contributed by atoms with Gasteiger partial charge in [-0.2, -0.15) is 0 Å². The van der Waals surface area contributed by atoms with Crippen molar-refractivity contribution in [2.24, 2.45) is 0 Å². The minimum Gasteiger partial charge on any atom is -0.352 e. The second kappa shape index (κ2) is 2.75. The van der Waals surface area contributed by atoms with Crippen LogP contribution in [0.5, 0.6) is 0 Å². The fraction of sp³-hybridized carbons (Fsp3) is 0.143. The van der Waals surface area contributed by atoms with E-state index in [9.17, 15) is 4.79 Å². The molecule has 0 fully saturated rings. The number of carbonyl (C=O) groups excluding carboxylic acids is 1. The highest BCUT2D eigenvalue weighted by Crippen LogP contribution is 2.01. The normalized spacial score (nSPS) is 9.30. The Hall–Kier alpha value is -0.960. The van der Waals surface area contributed by atoms with Crippen LogP contribution in [0.15, 0.2) is 12.3 Å². The molecule has 2 nitrogen and oxygen atoms in total. The highest BCUT2D eigenvalue weighted by Gasteiger charge is 1.92. The van der Waals surface area contributed by atoms with E-state index in [4.69, 9.17) is 12.2 Å². The predicted octanol–water partition coefficient (Wildman–Crippen LogP) is 1.87. The number of aryl methyl sites for hydroxylation is 1. The Bertz CT molecular complexity index is 303. The Morgan fingerprint density at radius 3 is 2.90 bits per heavy atom. The van der Waals surface area contributed by atoms with Gasteiger partial charge in [0.2, 0.25) is 0 Å². The van der Waals surface area contributed by atoms with Crippen molar-refractivity contribution in [3.63, 3.8) is 0 Å².